The molecule has 90 valence electrons. The smallest absolute Gasteiger partial charge is 0.100 e. The van der Waals surface area contributed by atoms with Gasteiger partial charge < -0.3 is 5.43 Å². The Bertz CT molecular complexity index is 320. The molecule has 4 unspecified atom stereocenters. The van der Waals surface area contributed by atoms with Crippen molar-refractivity contribution in [3.05, 3.63) is 11.9 Å². The van der Waals surface area contributed by atoms with E-state index >= 15 is 0 Å². The van der Waals surface area contributed by atoms with Crippen molar-refractivity contribution in [2.24, 2.45) is 0 Å². The average molecular weight is 244 g/mol. The Balaban J connectivity index is 1.94. The first-order chi connectivity index (χ1) is 7.70. The molecule has 3 aliphatic heterocycles. The van der Waals surface area contributed by atoms with E-state index in [1.165, 1.54) is 5.70 Å². The second-order valence-electron chi connectivity index (χ2n) is 4.74. The Morgan fingerprint density at radius 1 is 1.50 bits per heavy atom. The maximum atomic E-state index is 6.39. The van der Waals surface area contributed by atoms with Crippen LogP contribution in [0, 0.1) is 0 Å². The van der Waals surface area contributed by atoms with Crippen molar-refractivity contribution in [3.63, 3.8) is 0 Å². The Labute approximate surface area is 101 Å². The summed E-state index contributed by atoms with van der Waals surface area (Å²) < 4.78 is 0. The summed E-state index contributed by atoms with van der Waals surface area (Å²) in [7, 11) is 2.15. The number of nitrogens with one attached hydrogen (secondary N) is 3. The molecule has 3 N–H and O–H groups in total. The van der Waals surface area contributed by atoms with E-state index in [-0.39, 0.29) is 5.50 Å². The average Bonchev–Trinajstić information content (AvgIpc) is 2.74. The van der Waals surface area contributed by atoms with Gasteiger partial charge in [0.05, 0.1) is 23.8 Å². The molecule has 2 fully saturated rings. The van der Waals surface area contributed by atoms with Crippen LogP contribution >= 0.6 is 11.6 Å². The third kappa shape index (κ3) is 1.35. The van der Waals surface area contributed by atoms with Gasteiger partial charge in [0, 0.05) is 6.20 Å². The van der Waals surface area contributed by atoms with Crippen LogP contribution < -0.4 is 16.3 Å². The molecule has 0 aromatic carbocycles. The summed E-state index contributed by atoms with van der Waals surface area (Å²) in [5.74, 6) is 0. The fraction of sp³-hybridized carbons (Fsp3) is 0.800. The van der Waals surface area contributed by atoms with Gasteiger partial charge in [-0.15, -0.1) is 17.1 Å². The van der Waals surface area contributed by atoms with Crippen molar-refractivity contribution < 1.29 is 0 Å². The predicted molar refractivity (Wildman–Crippen MR) is 63.3 cm³/mol. The summed E-state index contributed by atoms with van der Waals surface area (Å²) >= 11 is 6.39. The van der Waals surface area contributed by atoms with Gasteiger partial charge in [0.15, 0.2) is 0 Å². The summed E-state index contributed by atoms with van der Waals surface area (Å²) in [4.78, 5) is 2.37. The highest BCUT2D eigenvalue weighted by atomic mass is 35.5. The molecule has 3 aliphatic rings. The van der Waals surface area contributed by atoms with Gasteiger partial charge in [0.1, 0.15) is 5.50 Å². The number of alkyl halides is 1. The molecule has 0 aromatic heterocycles. The molecular formula is C10H18ClN5. The highest BCUT2D eigenvalue weighted by Crippen LogP contribution is 2.33. The van der Waals surface area contributed by atoms with E-state index in [1.807, 2.05) is 6.20 Å². The summed E-state index contributed by atoms with van der Waals surface area (Å²) in [5, 5.41) is 5.58. The van der Waals surface area contributed by atoms with Crippen LogP contribution in [0.5, 0.6) is 0 Å². The number of rotatable bonds is 0. The molecule has 3 rings (SSSR count). The molecule has 0 spiro atoms. The molecule has 0 bridgehead atoms. The zero-order valence-corrected chi connectivity index (χ0v) is 10.3. The minimum absolute atomic E-state index is 0.0233. The zero-order valence-electron chi connectivity index (χ0n) is 9.57. The second-order valence-corrected chi connectivity index (χ2v) is 5.21. The van der Waals surface area contributed by atoms with Crippen molar-refractivity contribution in [2.45, 2.75) is 37.0 Å². The standard InChI is InChI=1S/C10H18ClN5/c1-6-8-5-13-14-16(8)7-3-4-12-10(11)9(7)15(6)2/h5-7,9-10,12-14H,3-4H2,1-2H3. The Morgan fingerprint density at radius 3 is 3.12 bits per heavy atom. The highest BCUT2D eigenvalue weighted by Gasteiger charge is 2.47. The fourth-order valence-electron chi connectivity index (χ4n) is 2.99. The first kappa shape index (κ1) is 10.7. The largest absolute Gasteiger partial charge is 0.309 e. The predicted octanol–water partition coefficient (Wildman–Crippen LogP) is -0.218. The van der Waals surface area contributed by atoms with E-state index in [4.69, 9.17) is 11.6 Å². The minimum Gasteiger partial charge on any atom is -0.309 e. The molecule has 0 aliphatic carbocycles. The molecule has 0 aromatic rings. The van der Waals surface area contributed by atoms with Crippen LogP contribution in [-0.4, -0.2) is 47.1 Å². The van der Waals surface area contributed by atoms with Gasteiger partial charge in [-0.25, -0.2) is 0 Å². The number of piperidine rings is 1. The van der Waals surface area contributed by atoms with Crippen LogP contribution in [0.25, 0.3) is 0 Å². The molecule has 0 saturated carbocycles. The van der Waals surface area contributed by atoms with Crippen molar-refractivity contribution in [3.8, 4) is 0 Å². The lowest BCUT2D eigenvalue weighted by atomic mass is 9.92. The fourth-order valence-corrected chi connectivity index (χ4v) is 3.44. The van der Waals surface area contributed by atoms with Crippen molar-refractivity contribution in [2.75, 3.05) is 13.6 Å². The maximum absolute atomic E-state index is 6.39. The van der Waals surface area contributed by atoms with Crippen LogP contribution in [0.1, 0.15) is 13.3 Å². The first-order valence-electron chi connectivity index (χ1n) is 5.80. The number of hydrazine groups is 2. The molecule has 5 nitrogen and oxygen atoms in total. The van der Waals surface area contributed by atoms with Gasteiger partial charge in [-0.2, -0.15) is 0 Å². The van der Waals surface area contributed by atoms with Crippen LogP contribution in [0.15, 0.2) is 11.9 Å². The van der Waals surface area contributed by atoms with E-state index in [9.17, 15) is 0 Å². The van der Waals surface area contributed by atoms with E-state index in [1.54, 1.807) is 0 Å². The lowest BCUT2D eigenvalue weighted by molar-refractivity contribution is -0.00792. The Kier molecular flexibility index (Phi) is 2.51. The number of hydrogen-bond donors (Lipinski definition) is 3. The quantitative estimate of drug-likeness (QED) is 0.406. The second kappa shape index (κ2) is 3.77. The molecule has 16 heavy (non-hydrogen) atoms. The van der Waals surface area contributed by atoms with Gasteiger partial charge in [-0.05, 0) is 26.9 Å². The van der Waals surface area contributed by atoms with E-state index in [0.717, 1.165) is 13.0 Å². The number of halogens is 1. The topological polar surface area (TPSA) is 42.6 Å². The third-order valence-corrected chi connectivity index (χ3v) is 4.41. The van der Waals surface area contributed by atoms with E-state index in [0.29, 0.717) is 18.1 Å². The van der Waals surface area contributed by atoms with E-state index in [2.05, 4.69) is 40.2 Å². The molecular weight excluding hydrogens is 226 g/mol. The van der Waals surface area contributed by atoms with Crippen molar-refractivity contribution >= 4 is 11.6 Å². The summed E-state index contributed by atoms with van der Waals surface area (Å²) in [5.41, 5.74) is 7.62. The molecule has 2 saturated heterocycles. The monoisotopic (exact) mass is 243 g/mol. The van der Waals surface area contributed by atoms with Gasteiger partial charge >= 0.3 is 0 Å². The molecule has 6 heteroatoms. The lowest BCUT2D eigenvalue weighted by Crippen LogP contribution is -2.69. The van der Waals surface area contributed by atoms with Gasteiger partial charge in [0.2, 0.25) is 0 Å². The Morgan fingerprint density at radius 2 is 2.31 bits per heavy atom. The van der Waals surface area contributed by atoms with Crippen molar-refractivity contribution in [1.82, 2.24) is 26.2 Å². The third-order valence-electron chi connectivity index (χ3n) is 4.00. The minimum atomic E-state index is 0.0233. The summed E-state index contributed by atoms with van der Waals surface area (Å²) in [6.07, 6.45) is 3.15. The maximum Gasteiger partial charge on any atom is 0.100 e. The number of fused-ring (bicyclic) bond motifs is 3. The zero-order chi connectivity index (χ0) is 11.3. The SMILES string of the molecule is CC1C2=CNNN2C2CCNC(Cl)C2N1C. The van der Waals surface area contributed by atoms with Crippen LogP contribution in [-0.2, 0) is 0 Å². The van der Waals surface area contributed by atoms with Gasteiger partial charge in [-0.3, -0.25) is 15.2 Å². The van der Waals surface area contributed by atoms with E-state index < -0.39 is 0 Å². The molecule has 4 atom stereocenters. The molecule has 0 amide bonds. The van der Waals surface area contributed by atoms with Crippen molar-refractivity contribution in [1.29, 1.82) is 0 Å². The first-order valence-corrected chi connectivity index (χ1v) is 6.23. The number of hydrogen-bond acceptors (Lipinski definition) is 5. The summed E-state index contributed by atoms with van der Waals surface area (Å²) in [6.45, 7) is 3.19. The van der Waals surface area contributed by atoms with Crippen LogP contribution in [0.3, 0.4) is 0 Å². The highest BCUT2D eigenvalue weighted by molar-refractivity contribution is 6.21. The molecule has 0 radical (unpaired) electrons. The van der Waals surface area contributed by atoms with Crippen LogP contribution in [0.2, 0.25) is 0 Å². The van der Waals surface area contributed by atoms with Gasteiger partial charge in [-0.1, -0.05) is 0 Å². The Hall–Kier alpha value is -0.490. The normalized spacial score (nSPS) is 43.4. The molecule has 3 heterocycles. The van der Waals surface area contributed by atoms with Gasteiger partial charge in [0.25, 0.3) is 0 Å². The summed E-state index contributed by atoms with van der Waals surface area (Å²) in [6, 6.07) is 1.16. The number of piperazine rings is 1. The number of nitrogens with zero attached hydrogens (tertiary/aromatic N) is 2. The number of likely N-dealkylation sites (N-methyl/N-ethyl adjacent to an activating group) is 1. The van der Waals surface area contributed by atoms with Crippen LogP contribution in [0.4, 0.5) is 0 Å². The lowest BCUT2D eigenvalue weighted by Gasteiger charge is -2.52.